The van der Waals surface area contributed by atoms with E-state index >= 15 is 0 Å². The van der Waals surface area contributed by atoms with Crippen molar-refractivity contribution < 1.29 is 13.9 Å². The average Bonchev–Trinajstić information content (AvgIpc) is 2.63. The molecule has 150 valence electrons. The molecule has 0 aliphatic carbocycles. The minimum Gasteiger partial charge on any atom is -0.493 e. The van der Waals surface area contributed by atoms with Crippen molar-refractivity contribution in [1.82, 2.24) is 5.32 Å². The molecule has 1 amide bonds. The molecule has 0 saturated heterocycles. The van der Waals surface area contributed by atoms with Crippen molar-refractivity contribution in [2.24, 2.45) is 5.41 Å². The van der Waals surface area contributed by atoms with Crippen molar-refractivity contribution in [3.05, 3.63) is 59.4 Å². The maximum Gasteiger partial charge on any atom is 0.231 e. The molecule has 0 spiro atoms. The maximum absolute atomic E-state index is 12.9. The fourth-order valence-corrected chi connectivity index (χ4v) is 2.85. The zero-order valence-corrected chi connectivity index (χ0v) is 17.6. The smallest absolute Gasteiger partial charge is 0.231 e. The van der Waals surface area contributed by atoms with Crippen LogP contribution < -0.4 is 15.4 Å². The molecule has 28 heavy (non-hydrogen) atoms. The quantitative estimate of drug-likeness (QED) is 0.497. The minimum atomic E-state index is -0.598. The predicted octanol–water partition coefficient (Wildman–Crippen LogP) is 5.14. The number of ether oxygens (including phenoxy) is 1. The van der Waals surface area contributed by atoms with E-state index in [2.05, 4.69) is 16.7 Å². The molecule has 0 radical (unpaired) electrons. The first-order valence-electron chi connectivity index (χ1n) is 9.25. The second kappa shape index (κ2) is 9.64. The van der Waals surface area contributed by atoms with Gasteiger partial charge in [0.2, 0.25) is 5.91 Å². The molecule has 0 fully saturated rings. The van der Waals surface area contributed by atoms with Gasteiger partial charge in [-0.15, -0.1) is 0 Å². The number of hydrogen-bond donors (Lipinski definition) is 2. The highest BCUT2D eigenvalue weighted by atomic mass is 32.1. The van der Waals surface area contributed by atoms with Crippen molar-refractivity contribution in [2.75, 3.05) is 11.9 Å². The third-order valence-electron chi connectivity index (χ3n) is 4.49. The molecule has 4 nitrogen and oxygen atoms in total. The third kappa shape index (κ3) is 6.60. The summed E-state index contributed by atoms with van der Waals surface area (Å²) >= 11 is 5.18. The second-order valence-electron chi connectivity index (χ2n) is 7.52. The Morgan fingerprint density at radius 1 is 1.14 bits per heavy atom. The van der Waals surface area contributed by atoms with Gasteiger partial charge < -0.3 is 15.4 Å². The fraction of sp³-hybridized carbons (Fsp3) is 0.364. The Morgan fingerprint density at radius 3 is 2.50 bits per heavy atom. The lowest BCUT2D eigenvalue weighted by Gasteiger charge is -2.24. The zero-order chi connectivity index (χ0) is 20.7. The summed E-state index contributed by atoms with van der Waals surface area (Å²) in [5.74, 6) is 0.385. The first kappa shape index (κ1) is 21.8. The Balaban J connectivity index is 1.79. The number of nitrogens with one attached hydrogen (secondary N) is 2. The van der Waals surface area contributed by atoms with Crippen LogP contribution in [0.15, 0.2) is 42.5 Å². The first-order valence-corrected chi connectivity index (χ1v) is 9.66. The van der Waals surface area contributed by atoms with E-state index in [4.69, 9.17) is 17.0 Å². The molecule has 2 rings (SSSR count). The Morgan fingerprint density at radius 2 is 1.82 bits per heavy atom. The van der Waals surface area contributed by atoms with E-state index in [1.807, 2.05) is 39.8 Å². The maximum atomic E-state index is 12.9. The fourth-order valence-electron chi connectivity index (χ4n) is 2.64. The molecule has 2 N–H and O–H groups in total. The predicted molar refractivity (Wildman–Crippen MR) is 115 cm³/mol. The van der Waals surface area contributed by atoms with Gasteiger partial charge in [0.25, 0.3) is 0 Å². The third-order valence-corrected chi connectivity index (χ3v) is 4.70. The summed E-state index contributed by atoms with van der Waals surface area (Å²) in [5, 5.41) is 5.78. The van der Waals surface area contributed by atoms with E-state index in [0.717, 1.165) is 23.3 Å². The van der Waals surface area contributed by atoms with Crippen molar-refractivity contribution >= 4 is 28.9 Å². The molecule has 0 aromatic heterocycles. The molecule has 0 bridgehead atoms. The molecule has 0 heterocycles. The van der Waals surface area contributed by atoms with E-state index in [-0.39, 0.29) is 16.8 Å². The molecule has 2 aromatic carbocycles. The van der Waals surface area contributed by atoms with Crippen molar-refractivity contribution in [2.45, 2.75) is 40.5 Å². The summed E-state index contributed by atoms with van der Waals surface area (Å²) in [5.41, 5.74) is 2.27. The van der Waals surface area contributed by atoms with Crippen LogP contribution >= 0.6 is 12.2 Å². The van der Waals surface area contributed by atoms with Crippen LogP contribution in [0.5, 0.6) is 5.75 Å². The first-order chi connectivity index (χ1) is 13.2. The van der Waals surface area contributed by atoms with Gasteiger partial charge in [-0.3, -0.25) is 4.79 Å². The summed E-state index contributed by atoms with van der Waals surface area (Å²) in [6, 6.07) is 11.9. The SMILES string of the molecule is Cc1ccc(C)c(OCCCC(C)(C)C(=O)NC(=S)Nc2ccc(F)cc2)c1. The van der Waals surface area contributed by atoms with Gasteiger partial charge in [-0.25, -0.2) is 4.39 Å². The Hall–Kier alpha value is -2.47. The van der Waals surface area contributed by atoms with E-state index in [1.54, 1.807) is 12.1 Å². The van der Waals surface area contributed by atoms with E-state index in [1.165, 1.54) is 12.1 Å². The van der Waals surface area contributed by atoms with Crippen LogP contribution in [0, 0.1) is 25.1 Å². The number of thiocarbonyl (C=S) groups is 1. The van der Waals surface area contributed by atoms with Crippen LogP contribution in [-0.2, 0) is 4.79 Å². The summed E-state index contributed by atoms with van der Waals surface area (Å²) in [6.45, 7) is 8.34. The van der Waals surface area contributed by atoms with Crippen LogP contribution in [0.1, 0.15) is 37.8 Å². The lowest BCUT2D eigenvalue weighted by molar-refractivity contribution is -0.128. The second-order valence-corrected chi connectivity index (χ2v) is 7.93. The number of hydrogen-bond acceptors (Lipinski definition) is 3. The monoisotopic (exact) mass is 402 g/mol. The lowest BCUT2D eigenvalue weighted by Crippen LogP contribution is -2.42. The van der Waals surface area contributed by atoms with Gasteiger partial charge in [-0.2, -0.15) is 0 Å². The van der Waals surface area contributed by atoms with E-state index in [0.29, 0.717) is 18.7 Å². The molecule has 0 atom stereocenters. The Labute approximate surface area is 171 Å². The molecular weight excluding hydrogens is 375 g/mol. The Kier molecular flexibility index (Phi) is 7.52. The minimum absolute atomic E-state index is 0.168. The lowest BCUT2D eigenvalue weighted by atomic mass is 9.87. The van der Waals surface area contributed by atoms with Gasteiger partial charge in [-0.1, -0.05) is 26.0 Å². The number of benzene rings is 2. The summed E-state index contributed by atoms with van der Waals surface area (Å²) in [6.07, 6.45) is 1.40. The molecule has 0 aliphatic heterocycles. The van der Waals surface area contributed by atoms with Crippen LogP contribution in [-0.4, -0.2) is 17.6 Å². The number of rotatable bonds is 7. The summed E-state index contributed by atoms with van der Waals surface area (Å²) < 4.78 is 18.8. The number of carbonyl (C=O) groups excluding carboxylic acids is 1. The van der Waals surface area contributed by atoms with Crippen LogP contribution in [0.2, 0.25) is 0 Å². The van der Waals surface area contributed by atoms with E-state index in [9.17, 15) is 9.18 Å². The van der Waals surface area contributed by atoms with Gasteiger partial charge >= 0.3 is 0 Å². The highest BCUT2D eigenvalue weighted by molar-refractivity contribution is 7.80. The van der Waals surface area contributed by atoms with Gasteiger partial charge in [0.05, 0.1) is 6.61 Å². The van der Waals surface area contributed by atoms with Gasteiger partial charge in [0.1, 0.15) is 11.6 Å². The number of amides is 1. The number of carbonyl (C=O) groups is 1. The van der Waals surface area contributed by atoms with Gasteiger partial charge in [0, 0.05) is 11.1 Å². The summed E-state index contributed by atoms with van der Waals surface area (Å²) in [4.78, 5) is 12.5. The van der Waals surface area contributed by atoms with E-state index < -0.39 is 5.41 Å². The van der Waals surface area contributed by atoms with Gasteiger partial charge in [0.15, 0.2) is 5.11 Å². The molecule has 0 aliphatic rings. The highest BCUT2D eigenvalue weighted by Gasteiger charge is 2.27. The number of aryl methyl sites for hydroxylation is 2. The normalized spacial score (nSPS) is 11.0. The Bertz CT molecular complexity index is 835. The molecule has 0 saturated carbocycles. The summed E-state index contributed by atoms with van der Waals surface area (Å²) in [7, 11) is 0. The molecule has 6 heteroatoms. The van der Waals surface area contributed by atoms with Gasteiger partial charge in [-0.05, 0) is 80.4 Å². The highest BCUT2D eigenvalue weighted by Crippen LogP contribution is 2.24. The van der Waals surface area contributed by atoms with Crippen LogP contribution in [0.3, 0.4) is 0 Å². The van der Waals surface area contributed by atoms with Crippen molar-refractivity contribution in [3.63, 3.8) is 0 Å². The molecule has 0 unspecified atom stereocenters. The van der Waals surface area contributed by atoms with Crippen LogP contribution in [0.25, 0.3) is 0 Å². The topological polar surface area (TPSA) is 50.4 Å². The zero-order valence-electron chi connectivity index (χ0n) is 16.8. The standard InChI is InChI=1S/C22H27FN2O2S/c1-15-6-7-16(2)19(14-15)27-13-5-12-22(3,4)20(26)25-21(28)24-18-10-8-17(23)9-11-18/h6-11,14H,5,12-13H2,1-4H3,(H2,24,25,26,28). The van der Waals surface area contributed by atoms with Crippen LogP contribution in [0.4, 0.5) is 10.1 Å². The molecular formula is C22H27FN2O2S. The van der Waals surface area contributed by atoms with Crippen molar-refractivity contribution in [3.8, 4) is 5.75 Å². The number of halogens is 1. The average molecular weight is 403 g/mol. The largest absolute Gasteiger partial charge is 0.493 e. The number of anilines is 1. The molecule has 2 aromatic rings. The van der Waals surface area contributed by atoms with Crippen molar-refractivity contribution in [1.29, 1.82) is 0 Å².